The van der Waals surface area contributed by atoms with E-state index in [1.807, 2.05) is 13.1 Å². The van der Waals surface area contributed by atoms with Crippen LogP contribution in [0.3, 0.4) is 0 Å². The smallest absolute Gasteiger partial charge is 0.146 e. The number of halogens is 1. The van der Waals surface area contributed by atoms with Gasteiger partial charge in [0.1, 0.15) is 5.82 Å². The van der Waals surface area contributed by atoms with Crippen LogP contribution in [0.5, 0.6) is 0 Å². The first-order valence-corrected chi connectivity index (χ1v) is 7.47. The Hall–Kier alpha value is -1.13. The van der Waals surface area contributed by atoms with Crippen molar-refractivity contribution in [3.63, 3.8) is 0 Å². The summed E-state index contributed by atoms with van der Waals surface area (Å²) in [5, 5.41) is 0. The van der Waals surface area contributed by atoms with Gasteiger partial charge in [-0.25, -0.2) is 4.39 Å². The monoisotopic (exact) mass is 280 g/mol. The van der Waals surface area contributed by atoms with E-state index >= 15 is 0 Å². The van der Waals surface area contributed by atoms with Crippen LogP contribution >= 0.6 is 0 Å². The molecule has 0 radical (unpaired) electrons. The summed E-state index contributed by atoms with van der Waals surface area (Å²) < 4.78 is 19.7. The average Bonchev–Trinajstić information content (AvgIpc) is 2.47. The minimum Gasteiger partial charge on any atom is -0.381 e. The number of para-hydroxylation sites is 1. The number of hydrogen-bond donors (Lipinski definition) is 1. The summed E-state index contributed by atoms with van der Waals surface area (Å²) in [6.45, 7) is 3.58. The van der Waals surface area contributed by atoms with Crippen LogP contribution in [0, 0.1) is 5.82 Å². The minimum atomic E-state index is -0.153. The van der Waals surface area contributed by atoms with Crippen molar-refractivity contribution in [3.8, 4) is 0 Å². The maximum Gasteiger partial charge on any atom is 0.146 e. The van der Waals surface area contributed by atoms with E-state index in [-0.39, 0.29) is 11.9 Å². The van der Waals surface area contributed by atoms with Gasteiger partial charge in [-0.1, -0.05) is 19.1 Å². The summed E-state index contributed by atoms with van der Waals surface area (Å²) in [4.78, 5) is 2.08. The van der Waals surface area contributed by atoms with Crippen molar-refractivity contribution in [2.24, 2.45) is 5.73 Å². The van der Waals surface area contributed by atoms with Crippen LogP contribution in [-0.4, -0.2) is 32.3 Å². The van der Waals surface area contributed by atoms with E-state index in [0.717, 1.165) is 44.5 Å². The molecule has 1 aromatic carbocycles. The minimum absolute atomic E-state index is 0.0821. The van der Waals surface area contributed by atoms with Crippen molar-refractivity contribution in [2.75, 3.05) is 25.2 Å². The van der Waals surface area contributed by atoms with Crippen LogP contribution in [0.15, 0.2) is 18.2 Å². The quantitative estimate of drug-likeness (QED) is 0.901. The lowest BCUT2D eigenvalue weighted by atomic mass is 9.99. The summed E-state index contributed by atoms with van der Waals surface area (Å²) in [7, 11) is 1.98. The van der Waals surface area contributed by atoms with Crippen molar-refractivity contribution in [1.82, 2.24) is 0 Å². The van der Waals surface area contributed by atoms with Gasteiger partial charge in [0.15, 0.2) is 0 Å². The maximum atomic E-state index is 14.3. The number of rotatable bonds is 5. The van der Waals surface area contributed by atoms with Gasteiger partial charge in [-0.05, 0) is 37.3 Å². The summed E-state index contributed by atoms with van der Waals surface area (Å²) in [6.07, 6.45) is 3.52. The van der Waals surface area contributed by atoms with Gasteiger partial charge in [0, 0.05) is 32.3 Å². The Bertz CT molecular complexity index is 432. The van der Waals surface area contributed by atoms with E-state index in [1.54, 1.807) is 6.07 Å². The third-order valence-electron chi connectivity index (χ3n) is 4.17. The average molecular weight is 280 g/mol. The standard InChI is InChI=1S/C16H25FN2O/c1-3-13(18)11-12-5-4-6-15(17)16(12)19(2)14-7-9-20-10-8-14/h4-6,13-14H,3,7-11,18H2,1-2H3. The third-order valence-corrected chi connectivity index (χ3v) is 4.17. The van der Waals surface area contributed by atoms with Crippen LogP contribution in [0.2, 0.25) is 0 Å². The van der Waals surface area contributed by atoms with Gasteiger partial charge in [-0.3, -0.25) is 0 Å². The molecule has 1 atom stereocenters. The molecular formula is C16H25FN2O. The SMILES string of the molecule is CCC(N)Cc1cccc(F)c1N(C)C1CCOCC1. The first kappa shape index (κ1) is 15.3. The molecule has 1 aromatic rings. The van der Waals surface area contributed by atoms with Gasteiger partial charge >= 0.3 is 0 Å². The molecule has 0 bridgehead atoms. The Labute approximate surface area is 120 Å². The molecule has 0 aromatic heterocycles. The Morgan fingerprint density at radius 2 is 2.10 bits per heavy atom. The van der Waals surface area contributed by atoms with Crippen LogP contribution in [0.4, 0.5) is 10.1 Å². The Morgan fingerprint density at radius 1 is 1.40 bits per heavy atom. The van der Waals surface area contributed by atoms with Crippen molar-refractivity contribution in [1.29, 1.82) is 0 Å². The molecule has 0 aliphatic carbocycles. The van der Waals surface area contributed by atoms with Gasteiger partial charge in [0.05, 0.1) is 5.69 Å². The van der Waals surface area contributed by atoms with Crippen molar-refractivity contribution in [3.05, 3.63) is 29.6 Å². The summed E-state index contributed by atoms with van der Waals surface area (Å²) in [5.74, 6) is -0.153. The highest BCUT2D eigenvalue weighted by Gasteiger charge is 2.23. The zero-order chi connectivity index (χ0) is 14.5. The van der Waals surface area contributed by atoms with E-state index in [2.05, 4.69) is 11.8 Å². The summed E-state index contributed by atoms with van der Waals surface area (Å²) in [6, 6.07) is 5.72. The highest BCUT2D eigenvalue weighted by Crippen LogP contribution is 2.29. The molecule has 1 aliphatic heterocycles. The first-order valence-electron chi connectivity index (χ1n) is 7.47. The van der Waals surface area contributed by atoms with Crippen LogP contribution < -0.4 is 10.6 Å². The van der Waals surface area contributed by atoms with E-state index in [9.17, 15) is 4.39 Å². The molecular weight excluding hydrogens is 255 g/mol. The second kappa shape index (κ2) is 7.04. The number of ether oxygens (including phenoxy) is 1. The molecule has 1 unspecified atom stereocenters. The molecule has 2 N–H and O–H groups in total. The molecule has 1 saturated heterocycles. The molecule has 3 nitrogen and oxygen atoms in total. The lowest BCUT2D eigenvalue weighted by Gasteiger charge is -2.34. The second-order valence-electron chi connectivity index (χ2n) is 5.57. The number of benzene rings is 1. The van der Waals surface area contributed by atoms with Crippen LogP contribution in [0.1, 0.15) is 31.7 Å². The van der Waals surface area contributed by atoms with Crippen molar-refractivity contribution >= 4 is 5.69 Å². The molecule has 1 heterocycles. The van der Waals surface area contributed by atoms with Gasteiger partial charge in [-0.2, -0.15) is 0 Å². The zero-order valence-corrected chi connectivity index (χ0v) is 12.4. The largest absolute Gasteiger partial charge is 0.381 e. The van der Waals surface area contributed by atoms with E-state index in [1.165, 1.54) is 6.07 Å². The predicted octanol–water partition coefficient (Wildman–Crippen LogP) is 2.72. The lowest BCUT2D eigenvalue weighted by molar-refractivity contribution is 0.0853. The Kier molecular flexibility index (Phi) is 5.38. The molecule has 1 fully saturated rings. The van der Waals surface area contributed by atoms with E-state index in [0.29, 0.717) is 11.7 Å². The van der Waals surface area contributed by atoms with E-state index < -0.39 is 0 Å². The highest BCUT2D eigenvalue weighted by atomic mass is 19.1. The van der Waals surface area contributed by atoms with Gasteiger partial charge in [0.25, 0.3) is 0 Å². The van der Waals surface area contributed by atoms with Gasteiger partial charge < -0.3 is 15.4 Å². The van der Waals surface area contributed by atoms with Crippen molar-refractivity contribution in [2.45, 2.75) is 44.7 Å². The molecule has 0 spiro atoms. The fourth-order valence-electron chi connectivity index (χ4n) is 2.80. The number of nitrogens with zero attached hydrogens (tertiary/aromatic N) is 1. The fourth-order valence-corrected chi connectivity index (χ4v) is 2.80. The predicted molar refractivity (Wildman–Crippen MR) is 80.6 cm³/mol. The third kappa shape index (κ3) is 3.49. The van der Waals surface area contributed by atoms with Crippen molar-refractivity contribution < 1.29 is 9.13 Å². The highest BCUT2D eigenvalue weighted by molar-refractivity contribution is 5.55. The van der Waals surface area contributed by atoms with Gasteiger partial charge in [0.2, 0.25) is 0 Å². The second-order valence-corrected chi connectivity index (χ2v) is 5.57. The molecule has 112 valence electrons. The molecule has 0 saturated carbocycles. The van der Waals surface area contributed by atoms with Crippen LogP contribution in [-0.2, 0) is 11.2 Å². The Balaban J connectivity index is 2.23. The maximum absolute atomic E-state index is 14.3. The molecule has 1 aliphatic rings. The molecule has 20 heavy (non-hydrogen) atoms. The number of hydrogen-bond acceptors (Lipinski definition) is 3. The zero-order valence-electron chi connectivity index (χ0n) is 12.4. The van der Waals surface area contributed by atoms with Crippen LogP contribution in [0.25, 0.3) is 0 Å². The fraction of sp³-hybridized carbons (Fsp3) is 0.625. The normalized spacial score (nSPS) is 18.0. The van der Waals surface area contributed by atoms with Gasteiger partial charge in [-0.15, -0.1) is 0 Å². The Morgan fingerprint density at radius 3 is 2.75 bits per heavy atom. The lowest BCUT2D eigenvalue weighted by Crippen LogP contribution is -2.38. The molecule has 2 rings (SSSR count). The number of nitrogens with two attached hydrogens (primary N) is 1. The number of anilines is 1. The first-order chi connectivity index (χ1) is 9.63. The summed E-state index contributed by atoms with van der Waals surface area (Å²) in [5.41, 5.74) is 7.76. The summed E-state index contributed by atoms with van der Waals surface area (Å²) >= 11 is 0. The topological polar surface area (TPSA) is 38.5 Å². The molecule has 4 heteroatoms. The van der Waals surface area contributed by atoms with E-state index in [4.69, 9.17) is 10.5 Å². The molecule has 0 amide bonds.